The predicted molar refractivity (Wildman–Crippen MR) is 130 cm³/mol. The third-order valence-electron chi connectivity index (χ3n) is 6.15. The molecule has 1 unspecified atom stereocenters. The number of nitrogens with zero attached hydrogens (tertiary/aromatic N) is 3. The molecule has 2 aliphatic rings. The van der Waals surface area contributed by atoms with Gasteiger partial charge in [0.25, 0.3) is 0 Å². The molecule has 1 N–H and O–H groups in total. The van der Waals surface area contributed by atoms with E-state index in [-0.39, 0.29) is 24.4 Å². The van der Waals surface area contributed by atoms with E-state index in [0.717, 1.165) is 51.4 Å². The van der Waals surface area contributed by atoms with Gasteiger partial charge in [-0.3, -0.25) is 9.59 Å². The molecule has 31 heavy (non-hydrogen) atoms. The number of piperidine rings is 1. The number of hydrogen-bond donors (Lipinski definition) is 1. The first-order valence-corrected chi connectivity index (χ1v) is 12.5. The summed E-state index contributed by atoms with van der Waals surface area (Å²) in [5, 5.41) is 3.30. The smallest absolute Gasteiger partial charge is 0.242 e. The van der Waals surface area contributed by atoms with Crippen LogP contribution in [0.25, 0.3) is 0 Å². The molecule has 2 saturated heterocycles. The predicted octanol–water partition coefficient (Wildman–Crippen LogP) is 3.46. The third-order valence-corrected chi connectivity index (χ3v) is 6.15. The van der Waals surface area contributed by atoms with Crippen LogP contribution < -0.4 is 5.32 Å². The average Bonchev–Trinajstić information content (AvgIpc) is 2.68. The van der Waals surface area contributed by atoms with Gasteiger partial charge in [0, 0.05) is 32.2 Å². The Morgan fingerprint density at radius 2 is 1.65 bits per heavy atom. The Balaban J connectivity index is 0.00000110. The second-order valence-electron chi connectivity index (χ2n) is 10.8. The lowest BCUT2D eigenvalue weighted by Crippen LogP contribution is -2.57. The number of amides is 2. The number of likely N-dealkylation sites (tertiary alicyclic amines) is 1. The maximum absolute atomic E-state index is 12.7. The fourth-order valence-corrected chi connectivity index (χ4v) is 3.98. The van der Waals surface area contributed by atoms with Crippen molar-refractivity contribution in [1.29, 1.82) is 0 Å². The molecule has 2 heterocycles. The Morgan fingerprint density at radius 1 is 1.06 bits per heavy atom. The molecule has 2 amide bonds. The normalized spacial score (nSPS) is 20.6. The highest BCUT2D eigenvalue weighted by atomic mass is 16.2. The van der Waals surface area contributed by atoms with Crippen molar-refractivity contribution in [2.45, 2.75) is 86.2 Å². The van der Waals surface area contributed by atoms with E-state index in [1.165, 1.54) is 6.42 Å². The molecule has 2 fully saturated rings. The van der Waals surface area contributed by atoms with E-state index in [1.54, 1.807) is 4.90 Å². The van der Waals surface area contributed by atoms with Gasteiger partial charge in [-0.2, -0.15) is 0 Å². The van der Waals surface area contributed by atoms with Gasteiger partial charge in [-0.1, -0.05) is 34.6 Å². The molecule has 6 heteroatoms. The molecule has 0 radical (unpaired) electrons. The van der Waals surface area contributed by atoms with E-state index in [0.29, 0.717) is 24.4 Å². The minimum atomic E-state index is -0.129. The van der Waals surface area contributed by atoms with Crippen LogP contribution in [0.3, 0.4) is 0 Å². The van der Waals surface area contributed by atoms with E-state index < -0.39 is 0 Å². The molecule has 6 nitrogen and oxygen atoms in total. The zero-order valence-electron chi connectivity index (χ0n) is 21.6. The van der Waals surface area contributed by atoms with Crippen molar-refractivity contribution in [3.63, 3.8) is 0 Å². The van der Waals surface area contributed by atoms with E-state index in [9.17, 15) is 9.59 Å². The second kappa shape index (κ2) is 14.1. The fourth-order valence-electron chi connectivity index (χ4n) is 3.98. The molecule has 0 saturated carbocycles. The van der Waals surface area contributed by atoms with Crippen LogP contribution in [0.15, 0.2) is 0 Å². The highest BCUT2D eigenvalue weighted by Crippen LogP contribution is 2.21. The zero-order chi connectivity index (χ0) is 23.6. The zero-order valence-corrected chi connectivity index (χ0v) is 21.6. The van der Waals surface area contributed by atoms with Crippen LogP contribution in [0.2, 0.25) is 0 Å². The van der Waals surface area contributed by atoms with Gasteiger partial charge in [-0.15, -0.1) is 0 Å². The van der Waals surface area contributed by atoms with Crippen LogP contribution >= 0.6 is 0 Å². The Hall–Kier alpha value is -1.14. The largest absolute Gasteiger partial charge is 0.341 e. The number of carbonyl (C=O) groups excluding carboxylic acids is 2. The van der Waals surface area contributed by atoms with Crippen LogP contribution in [0.5, 0.6) is 0 Å². The molecule has 2 aliphatic heterocycles. The standard InChI is InChI=1S/C21H40N4O2.C4H10/c1-16(2)14-19-21(27)25(13-9-22-19)15-20(26)24-11-7-18(8-12-24)6-10-23(5)17(3)4;1-4(2)3/h16-19,22H,6-15H2,1-5H3;4H,1-3H3. The first kappa shape index (κ1) is 27.9. The van der Waals surface area contributed by atoms with E-state index in [1.807, 2.05) is 4.90 Å². The van der Waals surface area contributed by atoms with E-state index in [4.69, 9.17) is 0 Å². The topological polar surface area (TPSA) is 55.9 Å². The lowest BCUT2D eigenvalue weighted by atomic mass is 9.93. The van der Waals surface area contributed by atoms with Gasteiger partial charge < -0.3 is 20.0 Å². The van der Waals surface area contributed by atoms with Gasteiger partial charge in [-0.25, -0.2) is 0 Å². The van der Waals surface area contributed by atoms with E-state index in [2.05, 4.69) is 65.7 Å². The molecule has 182 valence electrons. The van der Waals surface area contributed by atoms with Gasteiger partial charge in [0.05, 0.1) is 12.6 Å². The van der Waals surface area contributed by atoms with Crippen molar-refractivity contribution >= 4 is 11.8 Å². The Morgan fingerprint density at radius 3 is 2.16 bits per heavy atom. The molecular formula is C25H50N4O2. The van der Waals surface area contributed by atoms with E-state index >= 15 is 0 Å². The summed E-state index contributed by atoms with van der Waals surface area (Å²) >= 11 is 0. The first-order chi connectivity index (χ1) is 14.5. The number of nitrogens with one attached hydrogen (secondary N) is 1. The van der Waals surface area contributed by atoms with Gasteiger partial charge >= 0.3 is 0 Å². The van der Waals surface area contributed by atoms with Crippen molar-refractivity contribution in [3.05, 3.63) is 0 Å². The van der Waals surface area contributed by atoms with Crippen molar-refractivity contribution < 1.29 is 9.59 Å². The molecule has 1 atom stereocenters. The summed E-state index contributed by atoms with van der Waals surface area (Å²) in [7, 11) is 2.18. The molecule has 0 aromatic carbocycles. The van der Waals surface area contributed by atoms with Gasteiger partial charge in [0.15, 0.2) is 0 Å². The summed E-state index contributed by atoms with van der Waals surface area (Å²) < 4.78 is 0. The van der Waals surface area contributed by atoms with Crippen molar-refractivity contribution in [1.82, 2.24) is 20.0 Å². The quantitative estimate of drug-likeness (QED) is 0.630. The van der Waals surface area contributed by atoms with Crippen LogP contribution in [0, 0.1) is 17.8 Å². The highest BCUT2D eigenvalue weighted by molar-refractivity contribution is 5.88. The third kappa shape index (κ3) is 10.8. The summed E-state index contributed by atoms with van der Waals surface area (Å²) in [5.74, 6) is 2.23. The van der Waals surface area contributed by atoms with Gasteiger partial charge in [-0.05, 0) is 70.9 Å². The number of piperazine rings is 1. The summed E-state index contributed by atoms with van der Waals surface area (Å²) in [6.45, 7) is 19.7. The molecule has 0 spiro atoms. The van der Waals surface area contributed by atoms with Gasteiger partial charge in [0.2, 0.25) is 11.8 Å². The fraction of sp³-hybridized carbons (Fsp3) is 0.920. The van der Waals surface area contributed by atoms with Crippen LogP contribution in [0.4, 0.5) is 0 Å². The summed E-state index contributed by atoms with van der Waals surface area (Å²) in [6.07, 6.45) is 4.22. The molecule has 2 rings (SSSR count). The maximum Gasteiger partial charge on any atom is 0.242 e. The summed E-state index contributed by atoms with van der Waals surface area (Å²) in [5.41, 5.74) is 0. The Labute approximate surface area is 192 Å². The lowest BCUT2D eigenvalue weighted by Gasteiger charge is -2.37. The number of rotatable bonds is 8. The first-order valence-electron chi connectivity index (χ1n) is 12.5. The van der Waals surface area contributed by atoms with Gasteiger partial charge in [0.1, 0.15) is 0 Å². The van der Waals surface area contributed by atoms with Crippen molar-refractivity contribution in [2.24, 2.45) is 17.8 Å². The monoisotopic (exact) mass is 438 g/mol. The summed E-state index contributed by atoms with van der Waals surface area (Å²) in [4.78, 5) is 31.4. The highest BCUT2D eigenvalue weighted by Gasteiger charge is 2.31. The average molecular weight is 439 g/mol. The molecule has 0 aromatic rings. The molecular weight excluding hydrogens is 388 g/mol. The Bertz CT molecular complexity index is 525. The Kier molecular flexibility index (Phi) is 12.7. The number of hydrogen-bond acceptors (Lipinski definition) is 4. The van der Waals surface area contributed by atoms with Crippen LogP contribution in [-0.4, -0.2) is 84.9 Å². The SMILES string of the molecule is CC(C)C.CC(C)CC1NCCN(CC(=O)N2CCC(CCN(C)C(C)C)CC2)C1=O. The van der Waals surface area contributed by atoms with Crippen LogP contribution in [0.1, 0.15) is 74.1 Å². The second-order valence-corrected chi connectivity index (χ2v) is 10.8. The lowest BCUT2D eigenvalue weighted by molar-refractivity contribution is -0.144. The minimum absolute atomic E-state index is 0.0925. The molecule has 0 aromatic heterocycles. The van der Waals surface area contributed by atoms with Crippen molar-refractivity contribution in [2.75, 3.05) is 46.3 Å². The van der Waals surface area contributed by atoms with Crippen molar-refractivity contribution in [3.8, 4) is 0 Å². The molecule has 0 bridgehead atoms. The summed E-state index contributed by atoms with van der Waals surface area (Å²) in [6, 6.07) is 0.456. The van der Waals surface area contributed by atoms with Crippen LogP contribution in [-0.2, 0) is 9.59 Å². The number of carbonyl (C=O) groups is 2. The molecule has 0 aliphatic carbocycles. The maximum atomic E-state index is 12.7. The minimum Gasteiger partial charge on any atom is -0.341 e.